The van der Waals surface area contributed by atoms with Crippen LogP contribution in [0.15, 0.2) is 55.1 Å². The van der Waals surface area contributed by atoms with Crippen molar-refractivity contribution in [2.75, 3.05) is 0 Å². The molecule has 0 amide bonds. The van der Waals surface area contributed by atoms with Gasteiger partial charge in [-0.3, -0.25) is 4.90 Å². The summed E-state index contributed by atoms with van der Waals surface area (Å²) >= 11 is 0. The zero-order valence-corrected chi connectivity index (χ0v) is 15.3. The second-order valence-corrected chi connectivity index (χ2v) is 8.05. The van der Waals surface area contributed by atoms with E-state index in [-0.39, 0.29) is 0 Å². The molecule has 5 heterocycles. The number of aromatic nitrogens is 4. The van der Waals surface area contributed by atoms with E-state index in [9.17, 15) is 0 Å². The van der Waals surface area contributed by atoms with E-state index in [4.69, 9.17) is 0 Å². The molecule has 2 fully saturated rings. The number of hydrogen-bond donors (Lipinski definition) is 1. The lowest BCUT2D eigenvalue weighted by atomic mass is 9.96. The number of benzene rings is 1. The molecule has 2 saturated heterocycles. The van der Waals surface area contributed by atoms with Crippen LogP contribution in [0.25, 0.3) is 22.1 Å². The van der Waals surface area contributed by atoms with Crippen LogP contribution in [0.2, 0.25) is 0 Å². The van der Waals surface area contributed by atoms with Gasteiger partial charge in [0.2, 0.25) is 0 Å². The van der Waals surface area contributed by atoms with Gasteiger partial charge in [0.1, 0.15) is 11.2 Å². The van der Waals surface area contributed by atoms with Crippen molar-refractivity contribution in [1.82, 2.24) is 24.4 Å². The van der Waals surface area contributed by atoms with E-state index in [0.717, 1.165) is 17.7 Å². The van der Waals surface area contributed by atoms with Gasteiger partial charge in [0.25, 0.3) is 0 Å². The average Bonchev–Trinajstić information content (AvgIpc) is 3.38. The molecule has 2 bridgehead atoms. The monoisotopic (exact) mass is 357 g/mol. The summed E-state index contributed by atoms with van der Waals surface area (Å²) in [5.74, 6) is 0. The van der Waals surface area contributed by atoms with Crippen LogP contribution >= 0.6 is 0 Å². The first-order valence-corrected chi connectivity index (χ1v) is 9.95. The molecule has 0 spiro atoms. The lowest BCUT2D eigenvalue weighted by Gasteiger charge is -2.39. The van der Waals surface area contributed by atoms with Crippen LogP contribution in [0.4, 0.5) is 0 Å². The van der Waals surface area contributed by atoms with Gasteiger partial charge < -0.3 is 9.55 Å². The van der Waals surface area contributed by atoms with E-state index in [1.165, 1.54) is 42.1 Å². The van der Waals surface area contributed by atoms with Crippen molar-refractivity contribution in [3.8, 4) is 0 Å². The Kier molecular flexibility index (Phi) is 3.38. The van der Waals surface area contributed by atoms with Crippen LogP contribution in [0.1, 0.15) is 37.3 Å². The molecule has 0 saturated carbocycles. The van der Waals surface area contributed by atoms with Crippen LogP contribution in [0.3, 0.4) is 0 Å². The highest BCUT2D eigenvalue weighted by molar-refractivity contribution is 6.00. The molecule has 0 radical (unpaired) electrons. The molecule has 3 aromatic heterocycles. The predicted molar refractivity (Wildman–Crippen MR) is 106 cm³/mol. The number of pyridine rings is 1. The van der Waals surface area contributed by atoms with E-state index in [2.05, 4.69) is 60.8 Å². The highest BCUT2D eigenvalue weighted by atomic mass is 15.2. The minimum absolute atomic E-state index is 0.528. The van der Waals surface area contributed by atoms with Crippen molar-refractivity contribution in [3.05, 3.63) is 60.7 Å². The van der Waals surface area contributed by atoms with Crippen molar-refractivity contribution < 1.29 is 0 Å². The zero-order chi connectivity index (χ0) is 17.8. The fraction of sp³-hybridized carbons (Fsp3) is 0.364. The summed E-state index contributed by atoms with van der Waals surface area (Å²) in [6.45, 7) is 1.08. The van der Waals surface area contributed by atoms with Gasteiger partial charge in [-0.25, -0.2) is 9.97 Å². The minimum Gasteiger partial charge on any atom is -0.346 e. The molecule has 0 aliphatic carbocycles. The quantitative estimate of drug-likeness (QED) is 0.595. The molecule has 6 rings (SSSR count). The van der Waals surface area contributed by atoms with Gasteiger partial charge >= 0.3 is 0 Å². The Morgan fingerprint density at radius 3 is 2.59 bits per heavy atom. The average molecular weight is 357 g/mol. The van der Waals surface area contributed by atoms with Gasteiger partial charge in [-0.1, -0.05) is 30.3 Å². The number of imidazole rings is 1. The van der Waals surface area contributed by atoms with Gasteiger partial charge in [0.05, 0.1) is 18.0 Å². The number of hydrogen-bond acceptors (Lipinski definition) is 3. The summed E-state index contributed by atoms with van der Waals surface area (Å²) in [6, 6.07) is 14.9. The Bertz CT molecular complexity index is 1080. The van der Waals surface area contributed by atoms with E-state index in [1.807, 2.05) is 18.7 Å². The number of H-pyrrole nitrogens is 1. The third-order valence-electron chi connectivity index (χ3n) is 6.58. The van der Waals surface area contributed by atoms with Crippen LogP contribution in [-0.2, 0) is 6.54 Å². The number of aromatic amines is 1. The first-order chi connectivity index (χ1) is 13.4. The topological polar surface area (TPSA) is 49.7 Å². The summed E-state index contributed by atoms with van der Waals surface area (Å²) in [7, 11) is 0. The molecule has 1 aromatic carbocycles. The maximum absolute atomic E-state index is 4.65. The maximum atomic E-state index is 4.65. The third kappa shape index (κ3) is 2.42. The fourth-order valence-corrected chi connectivity index (χ4v) is 5.33. The molecule has 2 aliphatic rings. The van der Waals surface area contributed by atoms with Crippen LogP contribution in [0, 0.1) is 0 Å². The fourth-order valence-electron chi connectivity index (χ4n) is 5.33. The van der Waals surface area contributed by atoms with Crippen molar-refractivity contribution >= 4 is 22.1 Å². The molecule has 4 aromatic rings. The van der Waals surface area contributed by atoms with Crippen molar-refractivity contribution in [2.24, 2.45) is 0 Å². The lowest BCUT2D eigenvalue weighted by Crippen LogP contribution is -2.42. The first-order valence-electron chi connectivity index (χ1n) is 9.95. The Morgan fingerprint density at radius 2 is 1.78 bits per heavy atom. The summed E-state index contributed by atoms with van der Waals surface area (Å²) in [4.78, 5) is 15.1. The molecule has 5 heteroatoms. The molecule has 3 atom stereocenters. The Labute approximate surface area is 158 Å². The largest absolute Gasteiger partial charge is 0.346 e. The van der Waals surface area contributed by atoms with E-state index >= 15 is 0 Å². The summed E-state index contributed by atoms with van der Waals surface area (Å²) < 4.78 is 2.43. The number of piperidine rings is 1. The number of nitrogens with zero attached hydrogens (tertiary/aromatic N) is 4. The molecule has 1 unspecified atom stereocenters. The molecule has 2 aliphatic heterocycles. The highest BCUT2D eigenvalue weighted by Gasteiger charge is 2.41. The van der Waals surface area contributed by atoms with Gasteiger partial charge in [-0.05, 0) is 37.3 Å². The second-order valence-electron chi connectivity index (χ2n) is 8.05. The maximum Gasteiger partial charge on any atom is 0.139 e. The summed E-state index contributed by atoms with van der Waals surface area (Å²) in [6.07, 6.45) is 11.0. The van der Waals surface area contributed by atoms with Crippen LogP contribution in [0.5, 0.6) is 0 Å². The van der Waals surface area contributed by atoms with Gasteiger partial charge in [0, 0.05) is 36.3 Å². The highest BCUT2D eigenvalue weighted by Crippen LogP contribution is 2.42. The first kappa shape index (κ1) is 15.4. The zero-order valence-electron chi connectivity index (χ0n) is 15.3. The predicted octanol–water partition coefficient (Wildman–Crippen LogP) is 4.28. The van der Waals surface area contributed by atoms with Gasteiger partial charge in [-0.2, -0.15) is 0 Å². The standard InChI is InChI=1S/C22H23N5/c1-2-4-15(5-3-1)13-26-16-6-7-17(26)11-18(10-16)27-14-25-20-12-24-22-19(21(20)27)8-9-23-22/h1-5,8-9,12,14,16-18H,6-7,10-11,13H2,(H,23,24)/t16-,17+,18?. The Hall–Kier alpha value is -2.66. The van der Waals surface area contributed by atoms with Gasteiger partial charge in [-0.15, -0.1) is 0 Å². The second kappa shape index (κ2) is 5.92. The SMILES string of the molecule is c1ccc(CN2[C@@H]3CC[C@H]2CC(n2cnc4cnc5[nH]ccc5c42)C3)cc1. The lowest BCUT2D eigenvalue weighted by molar-refractivity contribution is 0.101. The minimum atomic E-state index is 0.528. The molecule has 1 N–H and O–H groups in total. The smallest absolute Gasteiger partial charge is 0.139 e. The normalized spacial score (nSPS) is 25.6. The number of fused-ring (bicyclic) bond motifs is 5. The van der Waals surface area contributed by atoms with Crippen molar-refractivity contribution in [3.63, 3.8) is 0 Å². The molecule has 27 heavy (non-hydrogen) atoms. The molecule has 5 nitrogen and oxygen atoms in total. The molecule has 136 valence electrons. The Balaban J connectivity index is 1.33. The molecular formula is C22H23N5. The van der Waals surface area contributed by atoms with Crippen LogP contribution < -0.4 is 0 Å². The van der Waals surface area contributed by atoms with E-state index < -0.39 is 0 Å². The van der Waals surface area contributed by atoms with E-state index in [1.54, 1.807) is 0 Å². The third-order valence-corrected chi connectivity index (χ3v) is 6.58. The van der Waals surface area contributed by atoms with Gasteiger partial charge in [0.15, 0.2) is 0 Å². The summed E-state index contributed by atoms with van der Waals surface area (Å²) in [5.41, 5.74) is 4.62. The Morgan fingerprint density at radius 1 is 0.963 bits per heavy atom. The van der Waals surface area contributed by atoms with Crippen molar-refractivity contribution in [2.45, 2.75) is 50.4 Å². The van der Waals surface area contributed by atoms with Crippen LogP contribution in [-0.4, -0.2) is 36.5 Å². The van der Waals surface area contributed by atoms with E-state index in [0.29, 0.717) is 18.1 Å². The molecular weight excluding hydrogens is 334 g/mol. The number of nitrogens with one attached hydrogen (secondary N) is 1. The van der Waals surface area contributed by atoms with Crippen molar-refractivity contribution in [1.29, 1.82) is 0 Å². The summed E-state index contributed by atoms with van der Waals surface area (Å²) in [5, 5.41) is 1.18. The number of rotatable bonds is 3.